The molecule has 0 atom stereocenters. The molecule has 6 nitrogen and oxygen atoms in total. The first-order valence-electron chi connectivity index (χ1n) is 6.56. The van der Waals surface area contributed by atoms with Gasteiger partial charge in [0, 0.05) is 30.4 Å². The van der Waals surface area contributed by atoms with Gasteiger partial charge in [0.1, 0.15) is 0 Å². The molecule has 0 unspecified atom stereocenters. The molecule has 3 heterocycles. The van der Waals surface area contributed by atoms with Crippen LogP contribution in [0.5, 0.6) is 0 Å². The molecule has 6 heteroatoms. The van der Waals surface area contributed by atoms with Crippen molar-refractivity contribution in [3.05, 3.63) is 60.6 Å². The summed E-state index contributed by atoms with van der Waals surface area (Å²) in [6.45, 7) is 2.44. The third-order valence-electron chi connectivity index (χ3n) is 2.89. The standard InChI is InChI=1S/C15H14N6/c1-11-8-19-13(9-18-11)10-20-15-17-7-4-14(21-15)12-2-5-16-6-3-12/h2-9H,10H2,1H3,(H,17,20,21). The van der Waals surface area contributed by atoms with Gasteiger partial charge in [-0.2, -0.15) is 0 Å². The van der Waals surface area contributed by atoms with Gasteiger partial charge in [0.05, 0.1) is 29.8 Å². The fraction of sp³-hybridized carbons (Fsp3) is 0.133. The van der Waals surface area contributed by atoms with E-state index in [2.05, 4.69) is 30.2 Å². The molecule has 0 saturated carbocycles. The van der Waals surface area contributed by atoms with Crippen LogP contribution in [0.25, 0.3) is 11.3 Å². The van der Waals surface area contributed by atoms with Crippen molar-refractivity contribution in [1.82, 2.24) is 24.9 Å². The number of rotatable bonds is 4. The Morgan fingerprint density at radius 1 is 0.952 bits per heavy atom. The SMILES string of the molecule is Cc1cnc(CNc2nccc(-c3ccncc3)n2)cn1. The minimum atomic E-state index is 0.535. The Hall–Kier alpha value is -2.89. The molecule has 0 aliphatic heterocycles. The number of hydrogen-bond acceptors (Lipinski definition) is 6. The first-order valence-corrected chi connectivity index (χ1v) is 6.56. The second kappa shape index (κ2) is 6.04. The van der Waals surface area contributed by atoms with Crippen LogP contribution >= 0.6 is 0 Å². The molecular formula is C15H14N6. The maximum atomic E-state index is 4.48. The monoisotopic (exact) mass is 278 g/mol. The van der Waals surface area contributed by atoms with E-state index in [0.717, 1.165) is 22.6 Å². The Labute approximate surface area is 122 Å². The predicted octanol–water partition coefficient (Wildman–Crippen LogP) is 2.25. The van der Waals surface area contributed by atoms with Crippen LogP contribution in [0, 0.1) is 6.92 Å². The summed E-state index contributed by atoms with van der Waals surface area (Å²) in [6.07, 6.45) is 8.70. The van der Waals surface area contributed by atoms with Crippen LogP contribution in [0.4, 0.5) is 5.95 Å². The quantitative estimate of drug-likeness (QED) is 0.788. The number of aromatic nitrogens is 5. The van der Waals surface area contributed by atoms with Crippen LogP contribution in [-0.4, -0.2) is 24.9 Å². The highest BCUT2D eigenvalue weighted by Gasteiger charge is 2.02. The van der Waals surface area contributed by atoms with Gasteiger partial charge in [0.2, 0.25) is 5.95 Å². The molecule has 0 aliphatic carbocycles. The largest absolute Gasteiger partial charge is 0.348 e. The minimum absolute atomic E-state index is 0.535. The Morgan fingerprint density at radius 2 is 1.81 bits per heavy atom. The maximum Gasteiger partial charge on any atom is 0.223 e. The molecule has 3 aromatic heterocycles. The van der Waals surface area contributed by atoms with Crippen LogP contribution in [-0.2, 0) is 6.54 Å². The van der Waals surface area contributed by atoms with Crippen molar-refractivity contribution in [3.63, 3.8) is 0 Å². The minimum Gasteiger partial charge on any atom is -0.348 e. The van der Waals surface area contributed by atoms with E-state index < -0.39 is 0 Å². The summed E-state index contributed by atoms with van der Waals surface area (Å²) in [6, 6.07) is 5.70. The molecule has 3 rings (SSSR count). The van der Waals surface area contributed by atoms with Crippen LogP contribution in [0.3, 0.4) is 0 Å². The number of pyridine rings is 1. The molecule has 0 aromatic carbocycles. The molecule has 1 N–H and O–H groups in total. The maximum absolute atomic E-state index is 4.48. The number of nitrogens with zero attached hydrogens (tertiary/aromatic N) is 5. The molecule has 0 bridgehead atoms. The lowest BCUT2D eigenvalue weighted by atomic mass is 10.2. The first kappa shape index (κ1) is 13.1. The summed E-state index contributed by atoms with van der Waals surface area (Å²) in [5.41, 5.74) is 3.60. The molecular weight excluding hydrogens is 264 g/mol. The molecule has 0 spiro atoms. The van der Waals surface area contributed by atoms with Gasteiger partial charge in [0.25, 0.3) is 0 Å². The highest BCUT2D eigenvalue weighted by molar-refractivity contribution is 5.58. The third kappa shape index (κ3) is 3.36. The van der Waals surface area contributed by atoms with Crippen molar-refractivity contribution in [2.45, 2.75) is 13.5 Å². The molecule has 21 heavy (non-hydrogen) atoms. The smallest absolute Gasteiger partial charge is 0.223 e. The van der Waals surface area contributed by atoms with E-state index in [1.165, 1.54) is 0 Å². The van der Waals surface area contributed by atoms with Gasteiger partial charge in [-0.15, -0.1) is 0 Å². The lowest BCUT2D eigenvalue weighted by molar-refractivity contribution is 0.963. The van der Waals surface area contributed by atoms with E-state index in [4.69, 9.17) is 0 Å². The lowest BCUT2D eigenvalue weighted by Gasteiger charge is -2.06. The van der Waals surface area contributed by atoms with Crippen molar-refractivity contribution in [2.24, 2.45) is 0 Å². The summed E-state index contributed by atoms with van der Waals surface area (Å²) in [5.74, 6) is 0.562. The van der Waals surface area contributed by atoms with Gasteiger partial charge in [-0.05, 0) is 25.1 Å². The van der Waals surface area contributed by atoms with E-state index in [9.17, 15) is 0 Å². The number of aryl methyl sites for hydroxylation is 1. The van der Waals surface area contributed by atoms with E-state index in [1.54, 1.807) is 31.0 Å². The normalized spacial score (nSPS) is 10.3. The molecule has 3 aromatic rings. The zero-order valence-corrected chi connectivity index (χ0v) is 11.6. The van der Waals surface area contributed by atoms with Crippen molar-refractivity contribution in [2.75, 3.05) is 5.32 Å². The third-order valence-corrected chi connectivity index (χ3v) is 2.89. The van der Waals surface area contributed by atoms with Crippen molar-refractivity contribution in [3.8, 4) is 11.3 Å². The average molecular weight is 278 g/mol. The van der Waals surface area contributed by atoms with Gasteiger partial charge in [-0.1, -0.05) is 0 Å². The van der Waals surface area contributed by atoms with Gasteiger partial charge in [-0.3, -0.25) is 15.0 Å². The Morgan fingerprint density at radius 3 is 2.57 bits per heavy atom. The molecule has 0 radical (unpaired) electrons. The summed E-state index contributed by atoms with van der Waals surface area (Å²) >= 11 is 0. The van der Waals surface area contributed by atoms with Gasteiger partial charge < -0.3 is 5.32 Å². The van der Waals surface area contributed by atoms with Crippen LogP contribution in [0.2, 0.25) is 0 Å². The zero-order chi connectivity index (χ0) is 14.5. The first-order chi connectivity index (χ1) is 10.3. The van der Waals surface area contributed by atoms with E-state index in [1.807, 2.05) is 25.1 Å². The second-order valence-corrected chi connectivity index (χ2v) is 4.50. The molecule has 0 aliphatic rings. The zero-order valence-electron chi connectivity index (χ0n) is 11.6. The molecule has 104 valence electrons. The van der Waals surface area contributed by atoms with Crippen LogP contribution in [0.15, 0.2) is 49.2 Å². The van der Waals surface area contributed by atoms with Crippen LogP contribution in [0.1, 0.15) is 11.4 Å². The average Bonchev–Trinajstić information content (AvgIpc) is 2.55. The Kier molecular flexibility index (Phi) is 3.77. The second-order valence-electron chi connectivity index (χ2n) is 4.50. The lowest BCUT2D eigenvalue weighted by Crippen LogP contribution is -2.06. The number of hydrogen-bond donors (Lipinski definition) is 1. The highest BCUT2D eigenvalue weighted by Crippen LogP contribution is 2.16. The predicted molar refractivity (Wildman–Crippen MR) is 79.4 cm³/mol. The fourth-order valence-electron chi connectivity index (χ4n) is 1.81. The van der Waals surface area contributed by atoms with E-state index >= 15 is 0 Å². The van der Waals surface area contributed by atoms with E-state index in [0.29, 0.717) is 12.5 Å². The number of nitrogens with one attached hydrogen (secondary N) is 1. The van der Waals surface area contributed by atoms with E-state index in [-0.39, 0.29) is 0 Å². The summed E-state index contributed by atoms with van der Waals surface area (Å²) < 4.78 is 0. The topological polar surface area (TPSA) is 76.5 Å². The summed E-state index contributed by atoms with van der Waals surface area (Å²) in [7, 11) is 0. The van der Waals surface area contributed by atoms with Gasteiger partial charge in [-0.25, -0.2) is 9.97 Å². The van der Waals surface area contributed by atoms with Gasteiger partial charge in [0.15, 0.2) is 0 Å². The van der Waals surface area contributed by atoms with Crippen molar-refractivity contribution < 1.29 is 0 Å². The Balaban J connectivity index is 1.73. The Bertz CT molecular complexity index is 712. The molecule has 0 fully saturated rings. The molecule has 0 amide bonds. The summed E-state index contributed by atoms with van der Waals surface area (Å²) in [5, 5.41) is 3.15. The summed E-state index contributed by atoms with van der Waals surface area (Å²) in [4.78, 5) is 21.2. The van der Waals surface area contributed by atoms with Crippen LogP contribution < -0.4 is 5.32 Å². The molecule has 0 saturated heterocycles. The van der Waals surface area contributed by atoms with Crippen molar-refractivity contribution >= 4 is 5.95 Å². The number of anilines is 1. The van der Waals surface area contributed by atoms with Gasteiger partial charge >= 0.3 is 0 Å². The highest BCUT2D eigenvalue weighted by atomic mass is 15.1. The fourth-order valence-corrected chi connectivity index (χ4v) is 1.81. The van der Waals surface area contributed by atoms with Crippen molar-refractivity contribution in [1.29, 1.82) is 0 Å².